The fourth-order valence-electron chi connectivity index (χ4n) is 1.67. The number of carbonyl (C=O) groups is 1. The number of hydrogen-bond donors (Lipinski definition) is 1. The number of allylic oxidation sites excluding steroid dienone is 1. The Bertz CT molecular complexity index is 467. The van der Waals surface area contributed by atoms with Gasteiger partial charge >= 0.3 is 0 Å². The molecule has 4 heteroatoms. The van der Waals surface area contributed by atoms with Crippen LogP contribution in [0, 0.1) is 0 Å². The average Bonchev–Trinajstić information content (AvgIpc) is 2.39. The first-order chi connectivity index (χ1) is 9.13. The molecular weight excluding hydrogens is 242 g/mol. The Balaban J connectivity index is 3.20. The molecule has 0 atom stereocenters. The van der Waals surface area contributed by atoms with Crippen LogP contribution in [0.5, 0.6) is 11.5 Å². The molecule has 0 radical (unpaired) electrons. The van der Waals surface area contributed by atoms with E-state index in [1.54, 1.807) is 19.2 Å². The molecule has 1 aromatic carbocycles. The van der Waals surface area contributed by atoms with Gasteiger partial charge in [0, 0.05) is 11.6 Å². The fraction of sp³-hybridized carbons (Fsp3) is 0.400. The van der Waals surface area contributed by atoms with Gasteiger partial charge in [-0.25, -0.2) is 0 Å². The number of rotatable bonds is 7. The number of methoxy groups -OCH3 is 1. The maximum Gasteiger partial charge on any atom is 0.163 e. The van der Waals surface area contributed by atoms with Crippen LogP contribution in [0.4, 0.5) is 5.69 Å². The van der Waals surface area contributed by atoms with E-state index in [0.29, 0.717) is 23.7 Å². The number of Topliss-reactive ketones (excluding diaryl/α,β-unsaturated/α-hetero) is 1. The van der Waals surface area contributed by atoms with Crippen LogP contribution in [-0.2, 0) is 0 Å². The van der Waals surface area contributed by atoms with Crippen molar-refractivity contribution in [3.63, 3.8) is 0 Å². The van der Waals surface area contributed by atoms with E-state index < -0.39 is 0 Å². The van der Waals surface area contributed by atoms with Gasteiger partial charge in [0.1, 0.15) is 0 Å². The highest BCUT2D eigenvalue weighted by Gasteiger charge is 2.13. The molecule has 104 valence electrons. The molecule has 0 bridgehead atoms. The third-order valence-corrected chi connectivity index (χ3v) is 2.58. The van der Waals surface area contributed by atoms with Crippen molar-refractivity contribution < 1.29 is 14.3 Å². The van der Waals surface area contributed by atoms with Gasteiger partial charge in [-0.15, -0.1) is 0 Å². The van der Waals surface area contributed by atoms with Gasteiger partial charge in [-0.2, -0.15) is 0 Å². The zero-order valence-corrected chi connectivity index (χ0v) is 11.9. The summed E-state index contributed by atoms with van der Waals surface area (Å²) in [6.45, 7) is 6.02. The molecule has 4 nitrogen and oxygen atoms in total. The van der Waals surface area contributed by atoms with E-state index in [0.717, 1.165) is 12.1 Å². The smallest absolute Gasteiger partial charge is 0.163 e. The highest BCUT2D eigenvalue weighted by atomic mass is 16.5. The molecule has 0 aliphatic carbocycles. The van der Waals surface area contributed by atoms with Crippen molar-refractivity contribution in [2.45, 2.75) is 27.2 Å². The Morgan fingerprint density at radius 3 is 2.58 bits per heavy atom. The molecule has 0 aliphatic heterocycles. The van der Waals surface area contributed by atoms with E-state index in [9.17, 15) is 4.79 Å². The molecule has 0 unspecified atom stereocenters. The molecular formula is C15H21NO3. The highest BCUT2D eigenvalue weighted by Crippen LogP contribution is 2.34. The molecule has 0 saturated heterocycles. The van der Waals surface area contributed by atoms with Gasteiger partial charge in [-0.3, -0.25) is 4.79 Å². The molecule has 0 aliphatic rings. The predicted octanol–water partition coefficient (Wildman–Crippen LogP) is 3.63. The number of hydrogen-bond acceptors (Lipinski definition) is 4. The van der Waals surface area contributed by atoms with Crippen LogP contribution >= 0.6 is 0 Å². The number of ether oxygens (including phenoxy) is 2. The molecule has 1 N–H and O–H groups in total. The highest BCUT2D eigenvalue weighted by molar-refractivity contribution is 6.00. The second-order valence-electron chi connectivity index (χ2n) is 3.99. The zero-order valence-electron chi connectivity index (χ0n) is 11.9. The van der Waals surface area contributed by atoms with E-state index in [4.69, 9.17) is 9.47 Å². The number of nitrogens with one attached hydrogen (secondary N) is 1. The molecule has 0 aromatic heterocycles. The van der Waals surface area contributed by atoms with Crippen molar-refractivity contribution in [3.05, 3.63) is 30.0 Å². The van der Waals surface area contributed by atoms with Crippen LogP contribution in [-0.4, -0.2) is 19.5 Å². The quantitative estimate of drug-likeness (QED) is 0.763. The van der Waals surface area contributed by atoms with Crippen molar-refractivity contribution >= 4 is 11.5 Å². The minimum absolute atomic E-state index is 0.0197. The summed E-state index contributed by atoms with van der Waals surface area (Å²) in [5.74, 6) is 1.17. The standard InChI is InChI=1S/C15H21NO3/c1-5-7-8-16-13-10-15(19-6-2)14(18-4)9-12(13)11(3)17/h7-10,16H,5-6H2,1-4H3. The maximum absolute atomic E-state index is 11.7. The first-order valence-electron chi connectivity index (χ1n) is 6.41. The van der Waals surface area contributed by atoms with Crippen LogP contribution in [0.1, 0.15) is 37.6 Å². The minimum Gasteiger partial charge on any atom is -0.493 e. The average molecular weight is 263 g/mol. The summed E-state index contributed by atoms with van der Waals surface area (Å²) in [5.41, 5.74) is 1.31. The topological polar surface area (TPSA) is 47.6 Å². The Morgan fingerprint density at radius 1 is 1.32 bits per heavy atom. The van der Waals surface area contributed by atoms with Crippen LogP contribution in [0.25, 0.3) is 0 Å². The Morgan fingerprint density at radius 2 is 2.05 bits per heavy atom. The SMILES string of the molecule is CCC=CNc1cc(OCC)c(OC)cc1C(C)=O. The van der Waals surface area contributed by atoms with Gasteiger partial charge in [-0.1, -0.05) is 13.0 Å². The number of benzene rings is 1. The lowest BCUT2D eigenvalue weighted by Gasteiger charge is -2.14. The summed E-state index contributed by atoms with van der Waals surface area (Å²) in [5, 5.41) is 3.11. The van der Waals surface area contributed by atoms with Crippen molar-refractivity contribution in [1.29, 1.82) is 0 Å². The number of anilines is 1. The first-order valence-corrected chi connectivity index (χ1v) is 6.41. The van der Waals surface area contributed by atoms with Crippen LogP contribution in [0.15, 0.2) is 24.4 Å². The lowest BCUT2D eigenvalue weighted by molar-refractivity contribution is 0.101. The van der Waals surface area contributed by atoms with Gasteiger partial charge in [0.25, 0.3) is 0 Å². The zero-order chi connectivity index (χ0) is 14.3. The van der Waals surface area contributed by atoms with Crippen molar-refractivity contribution in [2.24, 2.45) is 0 Å². The van der Waals surface area contributed by atoms with Crippen LogP contribution in [0.3, 0.4) is 0 Å². The molecule has 1 rings (SSSR count). The van der Waals surface area contributed by atoms with Gasteiger partial charge in [0.15, 0.2) is 17.3 Å². The van der Waals surface area contributed by atoms with Crippen LogP contribution < -0.4 is 14.8 Å². The maximum atomic E-state index is 11.7. The number of carbonyl (C=O) groups excluding carboxylic acids is 1. The minimum atomic E-state index is -0.0197. The molecule has 19 heavy (non-hydrogen) atoms. The van der Waals surface area contributed by atoms with Crippen molar-refractivity contribution in [3.8, 4) is 11.5 Å². The Kier molecular flexibility index (Phi) is 5.93. The van der Waals surface area contributed by atoms with E-state index in [1.807, 2.05) is 26.1 Å². The van der Waals surface area contributed by atoms with E-state index in [1.165, 1.54) is 6.92 Å². The van der Waals surface area contributed by atoms with Gasteiger partial charge in [0.2, 0.25) is 0 Å². The molecule has 1 aromatic rings. The fourth-order valence-corrected chi connectivity index (χ4v) is 1.67. The van der Waals surface area contributed by atoms with Crippen molar-refractivity contribution in [2.75, 3.05) is 19.0 Å². The molecule has 0 spiro atoms. The molecule has 0 amide bonds. The summed E-state index contributed by atoms with van der Waals surface area (Å²) < 4.78 is 10.8. The van der Waals surface area contributed by atoms with E-state index >= 15 is 0 Å². The predicted molar refractivity (Wildman–Crippen MR) is 77.2 cm³/mol. The third kappa shape index (κ3) is 4.02. The summed E-state index contributed by atoms with van der Waals surface area (Å²) in [6, 6.07) is 3.49. The van der Waals surface area contributed by atoms with E-state index in [-0.39, 0.29) is 5.78 Å². The summed E-state index contributed by atoms with van der Waals surface area (Å²) in [6.07, 6.45) is 4.73. The number of ketones is 1. The third-order valence-electron chi connectivity index (χ3n) is 2.58. The van der Waals surface area contributed by atoms with Gasteiger partial charge < -0.3 is 14.8 Å². The molecule has 0 saturated carbocycles. The summed E-state index contributed by atoms with van der Waals surface area (Å²) >= 11 is 0. The summed E-state index contributed by atoms with van der Waals surface area (Å²) in [4.78, 5) is 11.7. The Labute approximate surface area is 114 Å². The summed E-state index contributed by atoms with van der Waals surface area (Å²) in [7, 11) is 1.56. The monoisotopic (exact) mass is 263 g/mol. The Hall–Kier alpha value is -1.97. The lowest BCUT2D eigenvalue weighted by Crippen LogP contribution is -2.03. The normalized spacial score (nSPS) is 10.5. The molecule has 0 heterocycles. The molecule has 0 fully saturated rings. The van der Waals surface area contributed by atoms with E-state index in [2.05, 4.69) is 5.32 Å². The largest absolute Gasteiger partial charge is 0.493 e. The van der Waals surface area contributed by atoms with Gasteiger partial charge in [0.05, 0.1) is 19.4 Å². The van der Waals surface area contributed by atoms with Crippen LogP contribution in [0.2, 0.25) is 0 Å². The van der Waals surface area contributed by atoms with Crippen molar-refractivity contribution in [1.82, 2.24) is 0 Å². The first kappa shape index (κ1) is 15.1. The lowest BCUT2D eigenvalue weighted by atomic mass is 10.1. The van der Waals surface area contributed by atoms with Gasteiger partial charge in [-0.05, 0) is 32.5 Å². The second-order valence-corrected chi connectivity index (χ2v) is 3.99. The second kappa shape index (κ2) is 7.46.